The molecule has 1 saturated heterocycles. The molecule has 1 aliphatic rings. The van der Waals surface area contributed by atoms with Crippen LogP contribution in [0.5, 0.6) is 0 Å². The molecule has 0 atom stereocenters. The summed E-state index contributed by atoms with van der Waals surface area (Å²) < 4.78 is 11.5. The third kappa shape index (κ3) is 3.88. The number of aryl methyl sites for hydroxylation is 2. The van der Waals surface area contributed by atoms with E-state index < -0.39 is 0 Å². The van der Waals surface area contributed by atoms with E-state index in [0.29, 0.717) is 11.8 Å². The van der Waals surface area contributed by atoms with Crippen molar-refractivity contribution in [2.24, 2.45) is 0 Å². The number of nitrogens with one attached hydrogen (secondary N) is 2. The number of aromatic nitrogens is 2. The van der Waals surface area contributed by atoms with Gasteiger partial charge in [-0.05, 0) is 30.7 Å². The summed E-state index contributed by atoms with van der Waals surface area (Å²) in [5.74, 6) is 2.94. The van der Waals surface area contributed by atoms with Gasteiger partial charge in [0, 0.05) is 5.56 Å². The zero-order chi connectivity index (χ0) is 20.5. The highest BCUT2D eigenvalue weighted by Crippen LogP contribution is 2.25. The topological polar surface area (TPSA) is 60.9 Å². The average molecular weight is 405 g/mol. The third-order valence-electron chi connectivity index (χ3n) is 6.12. The minimum Gasteiger partial charge on any atom is -0.466 e. The second-order valence-corrected chi connectivity index (χ2v) is 8.32. The summed E-state index contributed by atoms with van der Waals surface area (Å²) in [5, 5.41) is 11.2. The molecule has 30 heavy (non-hydrogen) atoms. The van der Waals surface area contributed by atoms with Crippen molar-refractivity contribution in [2.45, 2.75) is 26.9 Å². The highest BCUT2D eigenvalue weighted by Gasteiger charge is 2.25. The number of nitrogens with zero attached hydrogens (tertiary/aromatic N) is 2. The van der Waals surface area contributed by atoms with Gasteiger partial charge in [-0.2, -0.15) is 0 Å². The molecule has 0 spiro atoms. The quantitative estimate of drug-likeness (QED) is 0.530. The van der Waals surface area contributed by atoms with Crippen molar-refractivity contribution in [3.8, 4) is 11.5 Å². The SMILES string of the molecule is Cc1cc(-c2nnc(C[NH+]3CC[NH+](Cc4cccc5ccccc45)CC3)o2)c(C)o1. The average Bonchev–Trinajstić information content (AvgIpc) is 3.35. The van der Waals surface area contributed by atoms with Crippen LogP contribution in [0.4, 0.5) is 0 Å². The predicted octanol–water partition coefficient (Wildman–Crippen LogP) is 1.58. The largest absolute Gasteiger partial charge is 0.466 e. The molecule has 154 valence electrons. The van der Waals surface area contributed by atoms with E-state index in [-0.39, 0.29) is 0 Å². The second-order valence-electron chi connectivity index (χ2n) is 8.32. The Morgan fingerprint density at radius 3 is 2.33 bits per heavy atom. The van der Waals surface area contributed by atoms with Gasteiger partial charge < -0.3 is 18.6 Å². The Balaban J connectivity index is 1.19. The molecule has 6 heteroatoms. The van der Waals surface area contributed by atoms with Crippen LogP contribution in [-0.2, 0) is 13.1 Å². The predicted molar refractivity (Wildman–Crippen MR) is 114 cm³/mol. The Morgan fingerprint density at radius 1 is 0.833 bits per heavy atom. The second kappa shape index (κ2) is 8.05. The summed E-state index contributed by atoms with van der Waals surface area (Å²) in [7, 11) is 0. The molecule has 6 nitrogen and oxygen atoms in total. The van der Waals surface area contributed by atoms with Crippen molar-refractivity contribution in [2.75, 3.05) is 26.2 Å². The van der Waals surface area contributed by atoms with Crippen LogP contribution >= 0.6 is 0 Å². The van der Waals surface area contributed by atoms with E-state index in [1.807, 2.05) is 19.9 Å². The Kier molecular flexibility index (Phi) is 5.11. The fourth-order valence-corrected chi connectivity index (χ4v) is 4.52. The number of quaternary nitrogens is 2. The maximum absolute atomic E-state index is 5.93. The van der Waals surface area contributed by atoms with Gasteiger partial charge in [0.25, 0.3) is 11.8 Å². The zero-order valence-electron chi connectivity index (χ0n) is 17.6. The Bertz CT molecular complexity index is 1150. The van der Waals surface area contributed by atoms with Crippen LogP contribution in [0.1, 0.15) is 23.0 Å². The van der Waals surface area contributed by atoms with Gasteiger partial charge in [-0.3, -0.25) is 0 Å². The van der Waals surface area contributed by atoms with Crippen molar-refractivity contribution in [1.29, 1.82) is 0 Å². The molecule has 5 rings (SSSR count). The maximum atomic E-state index is 5.93. The number of hydrogen-bond acceptors (Lipinski definition) is 4. The molecular weight excluding hydrogens is 376 g/mol. The summed E-state index contributed by atoms with van der Waals surface area (Å²) >= 11 is 0. The van der Waals surface area contributed by atoms with E-state index in [9.17, 15) is 0 Å². The Morgan fingerprint density at radius 2 is 1.57 bits per heavy atom. The van der Waals surface area contributed by atoms with Crippen molar-refractivity contribution in [3.05, 3.63) is 71.5 Å². The number of fused-ring (bicyclic) bond motifs is 1. The third-order valence-corrected chi connectivity index (χ3v) is 6.12. The number of benzene rings is 2. The fourth-order valence-electron chi connectivity index (χ4n) is 4.52. The smallest absolute Gasteiger partial charge is 0.271 e. The Labute approximate surface area is 176 Å². The summed E-state index contributed by atoms with van der Waals surface area (Å²) in [6.07, 6.45) is 0. The molecule has 1 fully saturated rings. The lowest BCUT2D eigenvalue weighted by molar-refractivity contribution is -1.02. The molecule has 0 aliphatic carbocycles. The van der Waals surface area contributed by atoms with E-state index in [1.165, 1.54) is 21.2 Å². The normalized spacial score (nSPS) is 19.4. The molecule has 2 aromatic heterocycles. The lowest BCUT2D eigenvalue weighted by atomic mass is 10.0. The molecule has 0 saturated carbocycles. The van der Waals surface area contributed by atoms with Crippen LogP contribution in [-0.4, -0.2) is 36.4 Å². The van der Waals surface area contributed by atoms with E-state index in [2.05, 4.69) is 52.7 Å². The van der Waals surface area contributed by atoms with Gasteiger partial charge in [0.05, 0.1) is 5.56 Å². The molecule has 2 N–H and O–H groups in total. The minimum absolute atomic E-state index is 0.555. The monoisotopic (exact) mass is 404 g/mol. The minimum atomic E-state index is 0.555. The van der Waals surface area contributed by atoms with Crippen LogP contribution in [0.25, 0.3) is 22.2 Å². The number of piperazine rings is 1. The molecular formula is C24H28N4O2+2. The van der Waals surface area contributed by atoms with Crippen molar-refractivity contribution in [3.63, 3.8) is 0 Å². The van der Waals surface area contributed by atoms with Gasteiger partial charge in [0.1, 0.15) is 44.2 Å². The molecule has 0 unspecified atom stereocenters. The van der Waals surface area contributed by atoms with Gasteiger partial charge in [0.2, 0.25) is 0 Å². The van der Waals surface area contributed by atoms with Crippen molar-refractivity contribution >= 4 is 10.8 Å². The fraction of sp³-hybridized carbons (Fsp3) is 0.333. The first-order chi connectivity index (χ1) is 14.7. The van der Waals surface area contributed by atoms with E-state index in [1.54, 1.807) is 4.90 Å². The van der Waals surface area contributed by atoms with Gasteiger partial charge >= 0.3 is 0 Å². The van der Waals surface area contributed by atoms with Crippen molar-refractivity contribution in [1.82, 2.24) is 10.2 Å². The van der Waals surface area contributed by atoms with Gasteiger partial charge in [-0.25, -0.2) is 0 Å². The van der Waals surface area contributed by atoms with Crippen LogP contribution in [0, 0.1) is 13.8 Å². The molecule has 0 radical (unpaired) electrons. The van der Waals surface area contributed by atoms with Crippen molar-refractivity contribution < 1.29 is 18.6 Å². The first-order valence-electron chi connectivity index (χ1n) is 10.7. The van der Waals surface area contributed by atoms with Gasteiger partial charge in [0.15, 0.2) is 6.54 Å². The number of rotatable bonds is 5. The first-order valence-corrected chi connectivity index (χ1v) is 10.7. The number of furan rings is 1. The summed E-state index contributed by atoms with van der Waals surface area (Å²) in [6.45, 7) is 10.2. The molecule has 2 aromatic carbocycles. The van der Waals surface area contributed by atoms with Crippen LogP contribution < -0.4 is 9.80 Å². The molecule has 4 aromatic rings. The molecule has 0 amide bonds. The van der Waals surface area contributed by atoms with Crippen LogP contribution in [0.3, 0.4) is 0 Å². The van der Waals surface area contributed by atoms with Gasteiger partial charge in [-0.15, -0.1) is 10.2 Å². The lowest BCUT2D eigenvalue weighted by Crippen LogP contribution is -3.27. The highest BCUT2D eigenvalue weighted by molar-refractivity contribution is 5.85. The summed E-state index contributed by atoms with van der Waals surface area (Å²) in [4.78, 5) is 3.15. The molecule has 1 aliphatic heterocycles. The van der Waals surface area contributed by atoms with Crippen LogP contribution in [0.2, 0.25) is 0 Å². The van der Waals surface area contributed by atoms with E-state index in [4.69, 9.17) is 8.83 Å². The van der Waals surface area contributed by atoms with Gasteiger partial charge in [-0.1, -0.05) is 42.5 Å². The summed E-state index contributed by atoms with van der Waals surface area (Å²) in [6, 6.07) is 17.3. The number of hydrogen-bond donors (Lipinski definition) is 2. The first kappa shape index (κ1) is 19.0. The highest BCUT2D eigenvalue weighted by atomic mass is 16.4. The standard InChI is InChI=1S/C24H26N4O2/c1-17-14-22(18(2)29-17)24-26-25-23(30-24)16-28-12-10-27(11-13-28)15-20-8-5-7-19-6-3-4-9-21(19)20/h3-9,14H,10-13,15-16H2,1-2H3/p+2. The Hall–Kier alpha value is -2.96. The maximum Gasteiger partial charge on any atom is 0.271 e. The molecule has 0 bridgehead atoms. The lowest BCUT2D eigenvalue weighted by Gasteiger charge is -2.29. The summed E-state index contributed by atoms with van der Waals surface area (Å²) in [5.41, 5.74) is 2.34. The van der Waals surface area contributed by atoms with E-state index >= 15 is 0 Å². The van der Waals surface area contributed by atoms with Crippen LogP contribution in [0.15, 0.2) is 57.4 Å². The molecule has 3 heterocycles. The van der Waals surface area contributed by atoms with E-state index in [0.717, 1.165) is 56.4 Å². The zero-order valence-corrected chi connectivity index (χ0v) is 17.6.